The van der Waals surface area contributed by atoms with Gasteiger partial charge in [-0.05, 0) is 24.6 Å². The van der Waals surface area contributed by atoms with Gasteiger partial charge in [-0.15, -0.1) is 10.2 Å². The van der Waals surface area contributed by atoms with Crippen LogP contribution in [0.15, 0.2) is 89.1 Å². The number of aliphatic hydroxyl groups is 1. The highest BCUT2D eigenvalue weighted by Gasteiger charge is 2.32. The third-order valence-corrected chi connectivity index (χ3v) is 5.30. The number of fused-ring (bicyclic) bond motifs is 4. The van der Waals surface area contributed by atoms with E-state index in [4.69, 9.17) is 4.98 Å². The second kappa shape index (κ2) is 6.86. The van der Waals surface area contributed by atoms with Crippen molar-refractivity contribution in [3.63, 3.8) is 0 Å². The highest BCUT2D eigenvalue weighted by Crippen LogP contribution is 2.43. The fourth-order valence-corrected chi connectivity index (χ4v) is 3.63. The predicted octanol–water partition coefficient (Wildman–Crippen LogP) is 5.34. The Morgan fingerprint density at radius 2 is 1.60 bits per heavy atom. The minimum atomic E-state index is -1.77. The Morgan fingerprint density at radius 1 is 0.933 bits per heavy atom. The molecule has 1 aliphatic heterocycles. The number of nitrogens with one attached hydrogen (secondary N) is 1. The molecule has 2 N–H and O–H groups in total. The Balaban J connectivity index is 1.65. The first-order valence-corrected chi connectivity index (χ1v) is 9.59. The molecule has 3 aromatic rings. The fourth-order valence-electron chi connectivity index (χ4n) is 3.63. The number of hydrogen-bond acceptors (Lipinski definition) is 4. The van der Waals surface area contributed by atoms with E-state index in [9.17, 15) is 9.90 Å². The maximum absolute atomic E-state index is 12.7. The Hall–Kier alpha value is -3.90. The topological polar surface area (TPSA) is 90.7 Å². The molecule has 0 aromatic heterocycles. The molecule has 1 aliphatic carbocycles. The van der Waals surface area contributed by atoms with Crippen LogP contribution in [-0.2, 0) is 10.4 Å². The number of para-hydroxylation sites is 2. The van der Waals surface area contributed by atoms with Crippen LogP contribution in [0.4, 0.5) is 5.69 Å². The summed E-state index contributed by atoms with van der Waals surface area (Å²) in [6.07, 6.45) is 0. The van der Waals surface area contributed by atoms with Crippen LogP contribution in [0, 0.1) is 0 Å². The summed E-state index contributed by atoms with van der Waals surface area (Å²) in [6.45, 7) is 1.42. The molecule has 1 atom stereocenters. The lowest BCUT2D eigenvalue weighted by Crippen LogP contribution is -2.30. The molecule has 6 nitrogen and oxygen atoms in total. The highest BCUT2D eigenvalue weighted by atomic mass is 16.3. The average molecular weight is 394 g/mol. The molecule has 0 saturated heterocycles. The van der Waals surface area contributed by atoms with Crippen LogP contribution < -0.4 is 0 Å². The van der Waals surface area contributed by atoms with Crippen LogP contribution in [0.1, 0.15) is 12.5 Å². The predicted molar refractivity (Wildman–Crippen MR) is 116 cm³/mol. The van der Waals surface area contributed by atoms with E-state index in [-0.39, 0.29) is 0 Å². The standard InChI is InChI=1S/C24H18N4O2/c1-24(30,15-9-3-2-4-10-15)23(29)28-27-21-17-12-6-5-11-16(17)20-22(21)26-19-14-8-7-13-18(19)25-20/h2-14,26,30H,1H3/t24-/m1/s1. The zero-order valence-electron chi connectivity index (χ0n) is 16.2. The lowest BCUT2D eigenvalue weighted by atomic mass is 9.96. The summed E-state index contributed by atoms with van der Waals surface area (Å²) >= 11 is 0. The highest BCUT2D eigenvalue weighted by molar-refractivity contribution is 6.11. The maximum atomic E-state index is 12.7. The molecular formula is C24H18N4O2. The van der Waals surface area contributed by atoms with Gasteiger partial charge in [0.25, 0.3) is 5.91 Å². The van der Waals surface area contributed by atoms with Gasteiger partial charge in [0.15, 0.2) is 5.60 Å². The van der Waals surface area contributed by atoms with Gasteiger partial charge in [0.1, 0.15) is 5.69 Å². The van der Waals surface area contributed by atoms with Crippen molar-refractivity contribution in [2.45, 2.75) is 12.5 Å². The molecule has 6 heteroatoms. The number of nitrogens with zero attached hydrogens (tertiary/aromatic N) is 3. The average Bonchev–Trinajstić information content (AvgIpc) is 3.09. The van der Waals surface area contributed by atoms with Crippen molar-refractivity contribution in [1.29, 1.82) is 0 Å². The lowest BCUT2D eigenvalue weighted by molar-refractivity contribution is -0.135. The minimum Gasteiger partial charge on any atom is -0.375 e. The van der Waals surface area contributed by atoms with Gasteiger partial charge in [-0.25, -0.2) is 4.98 Å². The molecule has 0 unspecified atom stereocenters. The number of carbonyl (C=O) groups excluding carboxylic acids is 1. The molecule has 5 rings (SSSR count). The summed E-state index contributed by atoms with van der Waals surface area (Å²) in [5.41, 5.74) is 2.39. The molecule has 0 spiro atoms. The number of carbonyl (C=O) groups is 1. The smallest absolute Gasteiger partial charge is 0.300 e. The fraction of sp³-hybridized carbons (Fsp3) is 0.0833. The molecule has 0 fully saturated rings. The number of hydrogen-bond donors (Lipinski definition) is 2. The van der Waals surface area contributed by atoms with Gasteiger partial charge in [-0.2, -0.15) is 0 Å². The first-order chi connectivity index (χ1) is 14.6. The van der Waals surface area contributed by atoms with Crippen LogP contribution in [0.25, 0.3) is 33.2 Å². The lowest BCUT2D eigenvalue weighted by Gasteiger charge is -2.18. The number of azo groups is 1. The van der Waals surface area contributed by atoms with E-state index in [1.807, 2.05) is 54.6 Å². The van der Waals surface area contributed by atoms with Crippen LogP contribution in [0.3, 0.4) is 0 Å². The van der Waals surface area contributed by atoms with Crippen LogP contribution >= 0.6 is 0 Å². The molecule has 30 heavy (non-hydrogen) atoms. The quantitative estimate of drug-likeness (QED) is 0.405. The van der Waals surface area contributed by atoms with Crippen LogP contribution in [0.2, 0.25) is 0 Å². The second-order valence-corrected chi connectivity index (χ2v) is 7.32. The van der Waals surface area contributed by atoms with Gasteiger partial charge in [-0.1, -0.05) is 66.7 Å². The number of benzene rings is 3. The summed E-state index contributed by atoms with van der Waals surface area (Å²) in [5, 5.41) is 20.6. The van der Waals surface area contributed by atoms with Crippen molar-refractivity contribution >= 4 is 33.4 Å². The second-order valence-electron chi connectivity index (χ2n) is 7.32. The summed E-state index contributed by atoms with van der Waals surface area (Å²) in [5.74, 6) is -0.735. The Labute approximate surface area is 172 Å². The largest absolute Gasteiger partial charge is 0.375 e. The van der Waals surface area contributed by atoms with Gasteiger partial charge < -0.3 is 10.1 Å². The van der Waals surface area contributed by atoms with Gasteiger partial charge in [0.05, 0.1) is 22.4 Å². The molecule has 1 heterocycles. The first kappa shape index (κ1) is 18.1. The molecule has 1 amide bonds. The van der Waals surface area contributed by atoms with Crippen molar-refractivity contribution in [3.05, 3.63) is 84.4 Å². The first-order valence-electron chi connectivity index (χ1n) is 9.59. The zero-order valence-corrected chi connectivity index (χ0v) is 16.2. The number of aromatic nitrogens is 2. The van der Waals surface area contributed by atoms with Gasteiger partial charge in [-0.3, -0.25) is 4.79 Å². The number of H-pyrrole nitrogens is 1. The molecule has 2 aliphatic rings. The monoisotopic (exact) mass is 394 g/mol. The Morgan fingerprint density at radius 3 is 2.40 bits per heavy atom. The van der Waals surface area contributed by atoms with Crippen molar-refractivity contribution < 1.29 is 9.90 Å². The minimum absolute atomic E-state index is 0.463. The van der Waals surface area contributed by atoms with Crippen molar-refractivity contribution in [2.75, 3.05) is 0 Å². The van der Waals surface area contributed by atoms with E-state index in [1.165, 1.54) is 6.92 Å². The Kier molecular flexibility index (Phi) is 4.15. The molecule has 3 aromatic carbocycles. The molecule has 0 saturated carbocycles. The van der Waals surface area contributed by atoms with E-state index >= 15 is 0 Å². The summed E-state index contributed by atoms with van der Waals surface area (Å²) < 4.78 is 0. The number of amides is 1. The number of rotatable bonds is 3. The molecule has 0 radical (unpaired) electrons. The van der Waals surface area contributed by atoms with Crippen LogP contribution in [0.5, 0.6) is 0 Å². The van der Waals surface area contributed by atoms with Crippen LogP contribution in [-0.4, -0.2) is 21.0 Å². The summed E-state index contributed by atoms with van der Waals surface area (Å²) in [4.78, 5) is 20.9. The van der Waals surface area contributed by atoms with Crippen molar-refractivity contribution in [2.24, 2.45) is 10.2 Å². The third-order valence-electron chi connectivity index (χ3n) is 5.30. The van der Waals surface area contributed by atoms with Crippen molar-refractivity contribution in [1.82, 2.24) is 9.97 Å². The van der Waals surface area contributed by atoms with E-state index in [0.29, 0.717) is 16.9 Å². The van der Waals surface area contributed by atoms with Gasteiger partial charge in [0.2, 0.25) is 0 Å². The van der Waals surface area contributed by atoms with E-state index in [2.05, 4.69) is 15.2 Å². The normalized spacial score (nSPS) is 13.9. The SMILES string of the molecule is C[C@](O)(C(=O)N=Nc1c2[nH]c3ccccc3nc-2c2ccccc12)c1ccccc1. The van der Waals surface area contributed by atoms with Gasteiger partial charge >= 0.3 is 0 Å². The van der Waals surface area contributed by atoms with Crippen molar-refractivity contribution in [3.8, 4) is 11.4 Å². The zero-order chi connectivity index (χ0) is 20.7. The molecular weight excluding hydrogens is 376 g/mol. The maximum Gasteiger partial charge on any atom is 0.300 e. The van der Waals surface area contributed by atoms with E-state index in [0.717, 1.165) is 27.5 Å². The summed E-state index contributed by atoms with van der Waals surface area (Å²) in [7, 11) is 0. The summed E-state index contributed by atoms with van der Waals surface area (Å²) in [6, 6.07) is 24.2. The van der Waals surface area contributed by atoms with E-state index < -0.39 is 11.5 Å². The van der Waals surface area contributed by atoms with E-state index in [1.54, 1.807) is 24.3 Å². The molecule has 0 bridgehead atoms. The molecule has 146 valence electrons. The third kappa shape index (κ3) is 2.86. The van der Waals surface area contributed by atoms with Gasteiger partial charge in [0, 0.05) is 10.8 Å². The number of aromatic amines is 1. The Bertz CT molecular complexity index is 1390.